The average Bonchev–Trinajstić information content (AvgIpc) is 2.22. The van der Waals surface area contributed by atoms with Crippen molar-refractivity contribution in [2.24, 2.45) is 0 Å². The molecule has 0 bridgehead atoms. The number of hydrogen-bond donors (Lipinski definition) is 0. The van der Waals surface area contributed by atoms with Crippen LogP contribution < -0.4 is 0 Å². The Balaban J connectivity index is 4.06. The molecule has 92 valence electrons. The smallest absolute Gasteiger partial charge is 0.307 e. The van der Waals surface area contributed by atoms with E-state index in [2.05, 4.69) is 6.58 Å². The van der Waals surface area contributed by atoms with Crippen LogP contribution in [-0.4, -0.2) is 36.0 Å². The van der Waals surface area contributed by atoms with E-state index in [1.54, 1.807) is 18.7 Å². The van der Waals surface area contributed by atoms with Gasteiger partial charge in [0, 0.05) is 13.1 Å². The molecule has 0 saturated heterocycles. The van der Waals surface area contributed by atoms with Crippen LogP contribution in [0.2, 0.25) is 0 Å². The molecule has 0 fully saturated rings. The van der Waals surface area contributed by atoms with Gasteiger partial charge in [0.15, 0.2) is 0 Å². The minimum absolute atomic E-state index is 0.109. The lowest BCUT2D eigenvalue weighted by Crippen LogP contribution is -2.32. The van der Waals surface area contributed by atoms with E-state index < -0.39 is 0 Å². The largest absolute Gasteiger partial charge is 0.463 e. The molecule has 0 rings (SSSR count). The maximum atomic E-state index is 11.4. The van der Waals surface area contributed by atoms with Crippen LogP contribution in [0.15, 0.2) is 12.7 Å². The van der Waals surface area contributed by atoms with Crippen molar-refractivity contribution in [2.45, 2.75) is 39.7 Å². The van der Waals surface area contributed by atoms with Gasteiger partial charge in [-0.05, 0) is 26.3 Å². The number of carbonyl (C=O) groups is 2. The summed E-state index contributed by atoms with van der Waals surface area (Å²) in [5, 5.41) is 0. The van der Waals surface area contributed by atoms with Gasteiger partial charge in [-0.2, -0.15) is 0 Å². The highest BCUT2D eigenvalue weighted by Gasteiger charge is 2.12. The van der Waals surface area contributed by atoms with Crippen molar-refractivity contribution < 1.29 is 14.3 Å². The fourth-order valence-corrected chi connectivity index (χ4v) is 1.28. The molecule has 0 saturated carbocycles. The highest BCUT2D eigenvalue weighted by molar-refractivity contribution is 5.87. The van der Waals surface area contributed by atoms with Gasteiger partial charge in [0.1, 0.15) is 0 Å². The monoisotopic (exact) mass is 227 g/mol. The summed E-state index contributed by atoms with van der Waals surface area (Å²) in [6, 6.07) is 0. The van der Waals surface area contributed by atoms with Gasteiger partial charge in [-0.15, -0.1) is 0 Å². The first-order valence-electron chi connectivity index (χ1n) is 5.62. The fourth-order valence-electron chi connectivity index (χ4n) is 1.28. The number of amides is 1. The molecular formula is C12H21NO3. The summed E-state index contributed by atoms with van der Waals surface area (Å²) >= 11 is 0. The van der Waals surface area contributed by atoms with Gasteiger partial charge in [-0.1, -0.05) is 13.5 Å². The molecule has 0 radical (unpaired) electrons. The minimum Gasteiger partial charge on any atom is -0.463 e. The first kappa shape index (κ1) is 14.7. The van der Waals surface area contributed by atoms with Crippen LogP contribution in [0.3, 0.4) is 0 Å². The molecular weight excluding hydrogens is 206 g/mol. The van der Waals surface area contributed by atoms with Crippen molar-refractivity contribution >= 4 is 11.9 Å². The van der Waals surface area contributed by atoms with Gasteiger partial charge in [0.25, 0.3) is 0 Å². The Kier molecular flexibility index (Phi) is 7.25. The predicted molar refractivity (Wildman–Crippen MR) is 62.9 cm³/mol. The normalized spacial score (nSPS) is 10.0. The van der Waals surface area contributed by atoms with Gasteiger partial charge in [0.05, 0.1) is 12.5 Å². The van der Waals surface area contributed by atoms with E-state index in [-0.39, 0.29) is 24.4 Å². The molecule has 4 nitrogen and oxygen atoms in total. The van der Waals surface area contributed by atoms with Crippen LogP contribution >= 0.6 is 0 Å². The molecule has 1 amide bonds. The Morgan fingerprint density at radius 2 is 2.00 bits per heavy atom. The third-order valence-electron chi connectivity index (χ3n) is 1.93. The van der Waals surface area contributed by atoms with Crippen LogP contribution in [0.5, 0.6) is 0 Å². The van der Waals surface area contributed by atoms with Crippen LogP contribution in [0.4, 0.5) is 0 Å². The zero-order valence-electron chi connectivity index (χ0n) is 10.4. The van der Waals surface area contributed by atoms with Crippen LogP contribution in [0, 0.1) is 0 Å². The number of nitrogens with zero attached hydrogens (tertiary/aromatic N) is 1. The molecule has 0 aromatic carbocycles. The van der Waals surface area contributed by atoms with E-state index in [0.29, 0.717) is 13.1 Å². The third-order valence-corrected chi connectivity index (χ3v) is 1.93. The Labute approximate surface area is 97.3 Å². The maximum absolute atomic E-state index is 11.4. The Bertz CT molecular complexity index is 249. The SMILES string of the molecule is C=CC(=O)N(CCC)CCC(=O)OC(C)C. The second kappa shape index (κ2) is 7.91. The molecule has 0 aromatic rings. The number of esters is 1. The number of rotatable bonds is 7. The number of ether oxygens (including phenoxy) is 1. The summed E-state index contributed by atoms with van der Waals surface area (Å²) in [5.74, 6) is -0.410. The zero-order valence-corrected chi connectivity index (χ0v) is 10.4. The Hall–Kier alpha value is -1.32. The van der Waals surface area contributed by atoms with Gasteiger partial charge in [-0.25, -0.2) is 0 Å². The molecule has 0 aromatic heterocycles. The van der Waals surface area contributed by atoms with Crippen molar-refractivity contribution in [3.8, 4) is 0 Å². The van der Waals surface area contributed by atoms with Crippen molar-refractivity contribution in [1.29, 1.82) is 0 Å². The molecule has 16 heavy (non-hydrogen) atoms. The van der Waals surface area contributed by atoms with Crippen molar-refractivity contribution in [2.75, 3.05) is 13.1 Å². The Morgan fingerprint density at radius 3 is 2.44 bits per heavy atom. The van der Waals surface area contributed by atoms with Crippen LogP contribution in [-0.2, 0) is 14.3 Å². The quantitative estimate of drug-likeness (QED) is 0.492. The summed E-state index contributed by atoms with van der Waals surface area (Å²) in [6.07, 6.45) is 2.25. The fraction of sp³-hybridized carbons (Fsp3) is 0.667. The average molecular weight is 227 g/mol. The molecule has 0 unspecified atom stereocenters. The summed E-state index contributed by atoms with van der Waals surface area (Å²) in [7, 11) is 0. The molecule has 0 aliphatic heterocycles. The molecule has 0 spiro atoms. The van der Waals surface area contributed by atoms with Crippen molar-refractivity contribution in [3.63, 3.8) is 0 Å². The molecule has 0 atom stereocenters. The predicted octanol–water partition coefficient (Wildman–Crippen LogP) is 1.75. The lowest BCUT2D eigenvalue weighted by molar-refractivity contribution is -0.148. The number of hydrogen-bond acceptors (Lipinski definition) is 3. The van der Waals surface area contributed by atoms with E-state index in [0.717, 1.165) is 6.42 Å². The van der Waals surface area contributed by atoms with Crippen LogP contribution in [0.25, 0.3) is 0 Å². The topological polar surface area (TPSA) is 46.6 Å². The van der Waals surface area contributed by atoms with Crippen molar-refractivity contribution in [3.05, 3.63) is 12.7 Å². The zero-order chi connectivity index (χ0) is 12.6. The van der Waals surface area contributed by atoms with Gasteiger partial charge < -0.3 is 9.64 Å². The van der Waals surface area contributed by atoms with Gasteiger partial charge in [0.2, 0.25) is 5.91 Å². The van der Waals surface area contributed by atoms with Gasteiger partial charge >= 0.3 is 5.97 Å². The molecule has 0 aliphatic rings. The van der Waals surface area contributed by atoms with E-state index in [4.69, 9.17) is 4.74 Å². The first-order valence-corrected chi connectivity index (χ1v) is 5.62. The lowest BCUT2D eigenvalue weighted by atomic mass is 10.3. The van der Waals surface area contributed by atoms with Crippen LogP contribution in [0.1, 0.15) is 33.6 Å². The van der Waals surface area contributed by atoms with E-state index in [9.17, 15) is 9.59 Å². The molecule has 0 N–H and O–H groups in total. The Morgan fingerprint density at radius 1 is 1.38 bits per heavy atom. The standard InChI is InChI=1S/C12H21NO3/c1-5-8-13(11(14)6-2)9-7-12(15)16-10(3)4/h6,10H,2,5,7-9H2,1,3-4H3. The van der Waals surface area contributed by atoms with Gasteiger partial charge in [-0.3, -0.25) is 9.59 Å². The second-order valence-corrected chi connectivity index (χ2v) is 3.82. The second-order valence-electron chi connectivity index (χ2n) is 3.82. The van der Waals surface area contributed by atoms with Crippen molar-refractivity contribution in [1.82, 2.24) is 4.90 Å². The first-order chi connectivity index (χ1) is 7.51. The highest BCUT2D eigenvalue weighted by atomic mass is 16.5. The maximum Gasteiger partial charge on any atom is 0.307 e. The minimum atomic E-state index is -0.270. The summed E-state index contributed by atoms with van der Waals surface area (Å²) < 4.78 is 4.99. The molecule has 0 heterocycles. The summed E-state index contributed by atoms with van der Waals surface area (Å²) in [4.78, 5) is 24.3. The summed E-state index contributed by atoms with van der Waals surface area (Å²) in [6.45, 7) is 10.0. The van der Waals surface area contributed by atoms with E-state index in [1.807, 2.05) is 6.92 Å². The highest BCUT2D eigenvalue weighted by Crippen LogP contribution is 1.99. The van der Waals surface area contributed by atoms with E-state index >= 15 is 0 Å². The number of carbonyl (C=O) groups excluding carboxylic acids is 2. The lowest BCUT2D eigenvalue weighted by Gasteiger charge is -2.20. The van der Waals surface area contributed by atoms with E-state index in [1.165, 1.54) is 6.08 Å². The third kappa shape index (κ3) is 6.22. The summed E-state index contributed by atoms with van der Waals surface area (Å²) in [5.41, 5.74) is 0. The molecule has 0 aliphatic carbocycles. The molecule has 4 heteroatoms.